The van der Waals surface area contributed by atoms with Crippen LogP contribution in [0.5, 0.6) is 5.75 Å². The summed E-state index contributed by atoms with van der Waals surface area (Å²) in [5, 5.41) is 12.8. The fourth-order valence-corrected chi connectivity index (χ4v) is 1.98. The van der Waals surface area contributed by atoms with Crippen molar-refractivity contribution in [2.24, 2.45) is 0 Å². The molecule has 1 heterocycles. The Morgan fingerprint density at radius 1 is 1.63 bits per heavy atom. The molecule has 0 radical (unpaired) electrons. The summed E-state index contributed by atoms with van der Waals surface area (Å²) in [6.45, 7) is 0.888. The Bertz CT molecular complexity index is 470. The summed E-state index contributed by atoms with van der Waals surface area (Å²) in [5.41, 5.74) is 5.51. The topological polar surface area (TPSA) is 93.8 Å². The number of nitrogens with two attached hydrogens (primary N) is 1. The zero-order valence-electron chi connectivity index (χ0n) is 10.8. The minimum Gasteiger partial charge on any atom is -0.496 e. The van der Waals surface area contributed by atoms with Gasteiger partial charge in [-0.2, -0.15) is 0 Å². The monoisotopic (exact) mass is 266 g/mol. The molecule has 4 N–H and O–H groups in total. The van der Waals surface area contributed by atoms with E-state index in [-0.39, 0.29) is 19.1 Å². The highest BCUT2D eigenvalue weighted by Crippen LogP contribution is 2.22. The molecule has 1 saturated heterocycles. The first-order valence-electron chi connectivity index (χ1n) is 6.06. The van der Waals surface area contributed by atoms with E-state index in [1.165, 1.54) is 7.11 Å². The maximum absolute atomic E-state index is 12.1. The molecule has 0 bridgehead atoms. The highest BCUT2D eigenvalue weighted by molar-refractivity contribution is 5.97. The van der Waals surface area contributed by atoms with Crippen LogP contribution in [-0.4, -0.2) is 43.5 Å². The van der Waals surface area contributed by atoms with Crippen molar-refractivity contribution in [3.05, 3.63) is 23.8 Å². The summed E-state index contributed by atoms with van der Waals surface area (Å²) in [5.74, 6) is 0.117. The van der Waals surface area contributed by atoms with Crippen molar-refractivity contribution in [3.63, 3.8) is 0 Å². The Hall–Kier alpha value is -1.79. The van der Waals surface area contributed by atoms with Crippen molar-refractivity contribution in [2.75, 3.05) is 32.6 Å². The zero-order chi connectivity index (χ0) is 13.9. The van der Waals surface area contributed by atoms with E-state index in [0.29, 0.717) is 30.0 Å². The molecule has 2 rings (SSSR count). The third-order valence-corrected chi connectivity index (χ3v) is 3.13. The lowest BCUT2D eigenvalue weighted by atomic mass is 10.0. The van der Waals surface area contributed by atoms with Crippen molar-refractivity contribution in [2.45, 2.75) is 12.0 Å². The molecule has 0 aliphatic carbocycles. The summed E-state index contributed by atoms with van der Waals surface area (Å²) in [7, 11) is 1.49. The Morgan fingerprint density at radius 3 is 3.05 bits per heavy atom. The highest BCUT2D eigenvalue weighted by Gasteiger charge is 2.32. The zero-order valence-corrected chi connectivity index (χ0v) is 10.8. The molecule has 1 atom stereocenters. The summed E-state index contributed by atoms with van der Waals surface area (Å²) in [6, 6.07) is 4.84. The molecule has 0 saturated carbocycles. The lowest BCUT2D eigenvalue weighted by molar-refractivity contribution is 0.0264. The number of methoxy groups -OCH3 is 1. The van der Waals surface area contributed by atoms with E-state index in [9.17, 15) is 9.90 Å². The first-order chi connectivity index (χ1) is 9.04. The van der Waals surface area contributed by atoms with E-state index in [1.807, 2.05) is 0 Å². The number of nitrogens with one attached hydrogen (secondary N) is 1. The van der Waals surface area contributed by atoms with Crippen LogP contribution in [-0.2, 0) is 4.74 Å². The van der Waals surface area contributed by atoms with Gasteiger partial charge in [-0.15, -0.1) is 0 Å². The number of carbonyl (C=O) groups is 1. The van der Waals surface area contributed by atoms with E-state index in [4.69, 9.17) is 15.2 Å². The molecule has 1 amide bonds. The summed E-state index contributed by atoms with van der Waals surface area (Å²) in [6.07, 6.45) is 0.515. The number of carbonyl (C=O) groups excluding carboxylic acids is 1. The minimum atomic E-state index is -0.983. The molecule has 19 heavy (non-hydrogen) atoms. The molecule has 0 aromatic heterocycles. The Balaban J connectivity index is 2.05. The molecule has 1 aromatic carbocycles. The van der Waals surface area contributed by atoms with Gasteiger partial charge in [0, 0.05) is 25.3 Å². The predicted molar refractivity (Wildman–Crippen MR) is 70.1 cm³/mol. The maximum Gasteiger partial charge on any atom is 0.255 e. The van der Waals surface area contributed by atoms with Gasteiger partial charge in [-0.1, -0.05) is 0 Å². The van der Waals surface area contributed by atoms with Crippen LogP contribution in [0, 0.1) is 0 Å². The average Bonchev–Trinajstić information content (AvgIpc) is 2.83. The predicted octanol–water partition coefficient (Wildman–Crippen LogP) is 0.159. The van der Waals surface area contributed by atoms with Gasteiger partial charge in [-0.25, -0.2) is 0 Å². The first kappa shape index (κ1) is 13.6. The Labute approximate surface area is 111 Å². The second-order valence-corrected chi connectivity index (χ2v) is 4.67. The van der Waals surface area contributed by atoms with Crippen molar-refractivity contribution in [3.8, 4) is 5.75 Å². The molecule has 1 unspecified atom stereocenters. The number of hydrogen-bond donors (Lipinski definition) is 3. The number of rotatable bonds is 4. The normalized spacial score (nSPS) is 22.2. The second kappa shape index (κ2) is 5.46. The maximum atomic E-state index is 12.1. The lowest BCUT2D eigenvalue weighted by Gasteiger charge is -2.21. The fourth-order valence-electron chi connectivity index (χ4n) is 1.98. The molecular weight excluding hydrogens is 248 g/mol. The lowest BCUT2D eigenvalue weighted by Crippen LogP contribution is -2.43. The van der Waals surface area contributed by atoms with Crippen LogP contribution in [0.2, 0.25) is 0 Å². The van der Waals surface area contributed by atoms with Gasteiger partial charge in [0.2, 0.25) is 0 Å². The van der Waals surface area contributed by atoms with Gasteiger partial charge in [0.05, 0.1) is 19.3 Å². The smallest absolute Gasteiger partial charge is 0.255 e. The molecule has 1 aliphatic rings. The summed E-state index contributed by atoms with van der Waals surface area (Å²) < 4.78 is 10.2. The van der Waals surface area contributed by atoms with Crippen LogP contribution in [0.3, 0.4) is 0 Å². The third kappa shape index (κ3) is 3.15. The first-order valence-corrected chi connectivity index (χ1v) is 6.06. The van der Waals surface area contributed by atoms with Gasteiger partial charge in [0.15, 0.2) is 0 Å². The van der Waals surface area contributed by atoms with E-state index in [2.05, 4.69) is 5.32 Å². The van der Waals surface area contributed by atoms with Gasteiger partial charge in [-0.05, 0) is 18.2 Å². The number of aliphatic hydroxyl groups is 1. The number of anilines is 1. The van der Waals surface area contributed by atoms with Gasteiger partial charge in [0.1, 0.15) is 11.4 Å². The molecule has 6 nitrogen and oxygen atoms in total. The van der Waals surface area contributed by atoms with Gasteiger partial charge in [-0.3, -0.25) is 4.79 Å². The number of ether oxygens (including phenoxy) is 2. The van der Waals surface area contributed by atoms with Crippen LogP contribution in [0.1, 0.15) is 16.8 Å². The number of amides is 1. The quantitative estimate of drug-likeness (QED) is 0.675. The number of nitrogen functional groups attached to an aromatic ring is 1. The van der Waals surface area contributed by atoms with Crippen molar-refractivity contribution in [1.82, 2.24) is 5.32 Å². The summed E-state index contributed by atoms with van der Waals surface area (Å²) in [4.78, 5) is 12.1. The molecule has 6 heteroatoms. The van der Waals surface area contributed by atoms with Crippen molar-refractivity contribution in [1.29, 1.82) is 0 Å². The molecule has 0 spiro atoms. The van der Waals surface area contributed by atoms with Gasteiger partial charge >= 0.3 is 0 Å². The van der Waals surface area contributed by atoms with Gasteiger partial charge in [0.25, 0.3) is 5.91 Å². The molecule has 104 valence electrons. The van der Waals surface area contributed by atoms with Crippen LogP contribution in [0.25, 0.3) is 0 Å². The molecule has 1 aliphatic heterocycles. The van der Waals surface area contributed by atoms with E-state index in [1.54, 1.807) is 18.2 Å². The standard InChI is InChI=1S/C13H18N2O4/c1-18-11-3-2-9(14)6-10(11)12(16)15-7-13(17)4-5-19-8-13/h2-3,6,17H,4-5,7-8,14H2,1H3,(H,15,16). The third-order valence-electron chi connectivity index (χ3n) is 3.13. The average molecular weight is 266 g/mol. The van der Waals surface area contributed by atoms with Crippen molar-refractivity contribution < 1.29 is 19.4 Å². The summed E-state index contributed by atoms with van der Waals surface area (Å²) >= 11 is 0. The SMILES string of the molecule is COc1ccc(N)cc1C(=O)NCC1(O)CCOC1. The minimum absolute atomic E-state index is 0.143. The highest BCUT2D eigenvalue weighted by atomic mass is 16.5. The van der Waals surface area contributed by atoms with E-state index in [0.717, 1.165) is 0 Å². The number of benzene rings is 1. The fraction of sp³-hybridized carbons (Fsp3) is 0.462. The molecule has 1 fully saturated rings. The number of hydrogen-bond acceptors (Lipinski definition) is 5. The van der Waals surface area contributed by atoms with Crippen molar-refractivity contribution >= 4 is 11.6 Å². The molecular formula is C13H18N2O4. The van der Waals surface area contributed by atoms with Crippen LogP contribution in [0.4, 0.5) is 5.69 Å². The Morgan fingerprint density at radius 2 is 2.42 bits per heavy atom. The Kier molecular flexibility index (Phi) is 3.92. The largest absolute Gasteiger partial charge is 0.496 e. The van der Waals surface area contributed by atoms with E-state index < -0.39 is 5.60 Å². The van der Waals surface area contributed by atoms with Gasteiger partial charge < -0.3 is 25.6 Å². The van der Waals surface area contributed by atoms with Crippen LogP contribution >= 0.6 is 0 Å². The molecule has 1 aromatic rings. The van der Waals surface area contributed by atoms with Crippen LogP contribution in [0.15, 0.2) is 18.2 Å². The van der Waals surface area contributed by atoms with E-state index >= 15 is 0 Å². The van der Waals surface area contributed by atoms with Crippen LogP contribution < -0.4 is 15.8 Å². The second-order valence-electron chi connectivity index (χ2n) is 4.67.